The van der Waals surface area contributed by atoms with E-state index in [0.29, 0.717) is 16.4 Å². The van der Waals surface area contributed by atoms with Gasteiger partial charge in [-0.2, -0.15) is 5.10 Å². The number of rotatable bonds is 4. The van der Waals surface area contributed by atoms with Crippen LogP contribution in [0.15, 0.2) is 18.2 Å². The Bertz CT molecular complexity index is 801. The zero-order valence-corrected chi connectivity index (χ0v) is 14.6. The summed E-state index contributed by atoms with van der Waals surface area (Å²) in [4.78, 5) is 24.4. The molecule has 1 aromatic carbocycles. The topological polar surface area (TPSA) is 99.2 Å². The second kappa shape index (κ2) is 6.92. The summed E-state index contributed by atoms with van der Waals surface area (Å²) >= 11 is 5.80. The lowest BCUT2D eigenvalue weighted by Gasteiger charge is -2.14. The van der Waals surface area contributed by atoms with Crippen LogP contribution in [0.2, 0.25) is 5.02 Å². The number of aryl methyl sites for hydroxylation is 2. The molecule has 1 aromatic heterocycles. The van der Waals surface area contributed by atoms with Crippen molar-refractivity contribution in [2.24, 2.45) is 7.05 Å². The molecule has 1 heterocycles. The molecular formula is C16H19ClN4O3. The van der Waals surface area contributed by atoms with E-state index in [1.807, 2.05) is 6.92 Å². The molecule has 0 aliphatic heterocycles. The standard InChI is InChI=1S/C16H19ClN4O3/c1-8-14(9(2)21(4)20-8)19-15(22)10(3)24-16(23)12-6-5-11(17)7-13(12)18/h5-7,10H,18H2,1-4H3,(H,19,22)/t10-/m1/s1. The number of nitrogens with zero attached hydrogens (tertiary/aromatic N) is 2. The fraction of sp³-hybridized carbons (Fsp3) is 0.312. The van der Waals surface area contributed by atoms with Crippen LogP contribution in [0.5, 0.6) is 0 Å². The average Bonchev–Trinajstić information content (AvgIpc) is 2.73. The number of hydrogen-bond acceptors (Lipinski definition) is 5. The fourth-order valence-electron chi connectivity index (χ4n) is 2.18. The highest BCUT2D eigenvalue weighted by atomic mass is 35.5. The Morgan fingerprint density at radius 1 is 1.38 bits per heavy atom. The van der Waals surface area contributed by atoms with Gasteiger partial charge in [0.05, 0.1) is 22.6 Å². The Hall–Kier alpha value is -2.54. The molecule has 0 bridgehead atoms. The maximum absolute atomic E-state index is 12.3. The highest BCUT2D eigenvalue weighted by Crippen LogP contribution is 2.21. The number of amides is 1. The van der Waals surface area contributed by atoms with Crippen LogP contribution in [-0.2, 0) is 16.6 Å². The smallest absolute Gasteiger partial charge is 0.341 e. The molecule has 7 nitrogen and oxygen atoms in total. The number of hydrogen-bond donors (Lipinski definition) is 2. The molecule has 2 aromatic rings. The number of benzene rings is 1. The van der Waals surface area contributed by atoms with Gasteiger partial charge in [-0.3, -0.25) is 9.48 Å². The summed E-state index contributed by atoms with van der Waals surface area (Å²) in [6, 6.07) is 4.44. The van der Waals surface area contributed by atoms with Crippen molar-refractivity contribution >= 4 is 34.9 Å². The summed E-state index contributed by atoms with van der Waals surface area (Å²) in [6.45, 7) is 5.11. The Balaban J connectivity index is 2.07. The maximum atomic E-state index is 12.3. The van der Waals surface area contributed by atoms with E-state index in [9.17, 15) is 9.59 Å². The first-order valence-corrected chi connectivity index (χ1v) is 7.65. The lowest BCUT2D eigenvalue weighted by Crippen LogP contribution is -2.30. The van der Waals surface area contributed by atoms with E-state index < -0.39 is 18.0 Å². The normalized spacial score (nSPS) is 11.9. The summed E-state index contributed by atoms with van der Waals surface area (Å²) < 4.78 is 6.84. The monoisotopic (exact) mass is 350 g/mol. The molecule has 2 rings (SSSR count). The molecule has 0 aliphatic carbocycles. The van der Waals surface area contributed by atoms with Gasteiger partial charge in [0, 0.05) is 17.8 Å². The van der Waals surface area contributed by atoms with E-state index in [0.717, 1.165) is 5.69 Å². The molecule has 0 aliphatic rings. The number of nitrogens with two attached hydrogens (primary N) is 1. The zero-order chi connectivity index (χ0) is 18.0. The maximum Gasteiger partial charge on any atom is 0.341 e. The molecule has 8 heteroatoms. The summed E-state index contributed by atoms with van der Waals surface area (Å²) in [5.74, 6) is -1.14. The highest BCUT2D eigenvalue weighted by Gasteiger charge is 2.22. The average molecular weight is 351 g/mol. The van der Waals surface area contributed by atoms with Crippen molar-refractivity contribution in [1.29, 1.82) is 0 Å². The van der Waals surface area contributed by atoms with Crippen LogP contribution in [0.3, 0.4) is 0 Å². The summed E-state index contributed by atoms with van der Waals surface area (Å²) in [5, 5.41) is 7.36. The van der Waals surface area contributed by atoms with E-state index >= 15 is 0 Å². The molecule has 0 saturated carbocycles. The quantitative estimate of drug-likeness (QED) is 0.651. The predicted molar refractivity (Wildman–Crippen MR) is 92.1 cm³/mol. The van der Waals surface area contributed by atoms with Crippen molar-refractivity contribution in [3.8, 4) is 0 Å². The van der Waals surface area contributed by atoms with Gasteiger partial charge in [-0.15, -0.1) is 0 Å². The van der Waals surface area contributed by atoms with Crippen LogP contribution in [0.1, 0.15) is 28.7 Å². The Morgan fingerprint density at radius 2 is 2.04 bits per heavy atom. The number of nitrogens with one attached hydrogen (secondary N) is 1. The Kier molecular flexibility index (Phi) is 5.14. The number of ether oxygens (including phenoxy) is 1. The van der Waals surface area contributed by atoms with Gasteiger partial charge in [-0.1, -0.05) is 11.6 Å². The summed E-state index contributed by atoms with van der Waals surface area (Å²) in [7, 11) is 1.78. The number of halogens is 1. The van der Waals surface area contributed by atoms with E-state index in [1.54, 1.807) is 18.7 Å². The molecule has 0 unspecified atom stereocenters. The van der Waals surface area contributed by atoms with Gasteiger partial charge in [0.25, 0.3) is 5.91 Å². The van der Waals surface area contributed by atoms with Gasteiger partial charge < -0.3 is 15.8 Å². The van der Waals surface area contributed by atoms with Gasteiger partial charge in [-0.05, 0) is 39.0 Å². The molecule has 0 saturated heterocycles. The van der Waals surface area contributed by atoms with E-state index in [2.05, 4.69) is 10.4 Å². The number of aromatic nitrogens is 2. The SMILES string of the molecule is Cc1nn(C)c(C)c1NC(=O)[C@@H](C)OC(=O)c1ccc(Cl)cc1N. The van der Waals surface area contributed by atoms with Crippen molar-refractivity contribution in [1.82, 2.24) is 9.78 Å². The fourth-order valence-corrected chi connectivity index (χ4v) is 2.36. The number of nitrogen functional groups attached to an aromatic ring is 1. The Morgan fingerprint density at radius 3 is 2.58 bits per heavy atom. The molecule has 0 fully saturated rings. The molecule has 0 spiro atoms. The van der Waals surface area contributed by atoms with Crippen molar-refractivity contribution in [3.63, 3.8) is 0 Å². The first-order chi connectivity index (χ1) is 11.2. The van der Waals surface area contributed by atoms with Crippen LogP contribution in [0.4, 0.5) is 11.4 Å². The first-order valence-electron chi connectivity index (χ1n) is 7.27. The number of carbonyl (C=O) groups is 2. The van der Waals surface area contributed by atoms with Crippen LogP contribution in [-0.4, -0.2) is 27.8 Å². The molecule has 0 radical (unpaired) electrons. The lowest BCUT2D eigenvalue weighted by molar-refractivity contribution is -0.123. The summed E-state index contributed by atoms with van der Waals surface area (Å²) in [5.41, 5.74) is 8.20. The van der Waals surface area contributed by atoms with Crippen LogP contribution >= 0.6 is 11.6 Å². The largest absolute Gasteiger partial charge is 0.449 e. The van der Waals surface area contributed by atoms with Crippen molar-refractivity contribution in [2.75, 3.05) is 11.1 Å². The molecular weight excluding hydrogens is 332 g/mol. The van der Waals surface area contributed by atoms with Crippen LogP contribution in [0, 0.1) is 13.8 Å². The Labute approximate surface area is 144 Å². The van der Waals surface area contributed by atoms with Gasteiger partial charge in [0.15, 0.2) is 6.10 Å². The van der Waals surface area contributed by atoms with Crippen LogP contribution in [0.25, 0.3) is 0 Å². The second-order valence-corrected chi connectivity index (χ2v) is 5.87. The number of anilines is 2. The van der Waals surface area contributed by atoms with Gasteiger partial charge in [0.1, 0.15) is 0 Å². The van der Waals surface area contributed by atoms with Gasteiger partial charge in [0.2, 0.25) is 0 Å². The molecule has 128 valence electrons. The highest BCUT2D eigenvalue weighted by molar-refractivity contribution is 6.31. The number of esters is 1. The second-order valence-electron chi connectivity index (χ2n) is 5.44. The third-order valence-corrected chi connectivity index (χ3v) is 3.88. The number of carbonyl (C=O) groups excluding carboxylic acids is 2. The van der Waals surface area contributed by atoms with E-state index in [1.165, 1.54) is 25.1 Å². The van der Waals surface area contributed by atoms with Crippen LogP contribution < -0.4 is 11.1 Å². The van der Waals surface area contributed by atoms with Gasteiger partial charge in [-0.25, -0.2) is 4.79 Å². The molecule has 3 N–H and O–H groups in total. The van der Waals surface area contributed by atoms with Gasteiger partial charge >= 0.3 is 5.97 Å². The predicted octanol–water partition coefficient (Wildman–Crippen LogP) is 2.46. The van der Waals surface area contributed by atoms with Crippen molar-refractivity contribution in [2.45, 2.75) is 26.9 Å². The van der Waals surface area contributed by atoms with Crippen molar-refractivity contribution in [3.05, 3.63) is 40.2 Å². The minimum Gasteiger partial charge on any atom is -0.449 e. The third kappa shape index (κ3) is 3.68. The van der Waals surface area contributed by atoms with Crippen molar-refractivity contribution < 1.29 is 14.3 Å². The van der Waals surface area contributed by atoms with E-state index in [4.69, 9.17) is 22.1 Å². The molecule has 1 atom stereocenters. The molecule has 1 amide bonds. The third-order valence-electron chi connectivity index (χ3n) is 3.64. The summed E-state index contributed by atoms with van der Waals surface area (Å²) in [6.07, 6.45) is -0.994. The minimum atomic E-state index is -0.994. The lowest BCUT2D eigenvalue weighted by atomic mass is 10.2. The van der Waals surface area contributed by atoms with E-state index in [-0.39, 0.29) is 11.3 Å². The minimum absolute atomic E-state index is 0.160. The first kappa shape index (κ1) is 17.8. The molecule has 24 heavy (non-hydrogen) atoms. The zero-order valence-electron chi connectivity index (χ0n) is 13.9.